The highest BCUT2D eigenvalue weighted by Gasteiger charge is 2.20. The Morgan fingerprint density at radius 2 is 2.26 bits per heavy atom. The molecule has 0 bridgehead atoms. The van der Waals surface area contributed by atoms with Gasteiger partial charge < -0.3 is 16.4 Å². The maximum absolute atomic E-state index is 11.5. The molecule has 0 aromatic carbocycles. The highest BCUT2D eigenvalue weighted by atomic mass is 32.1. The monoisotopic (exact) mass is 297 g/mol. The van der Waals surface area contributed by atoms with E-state index in [9.17, 15) is 4.79 Å². The molecule has 0 saturated heterocycles. The number of aromatic nitrogens is 2. The van der Waals surface area contributed by atoms with Crippen LogP contribution in [-0.2, 0) is 4.79 Å². The van der Waals surface area contributed by atoms with Crippen LogP contribution in [0.3, 0.4) is 0 Å². The number of nitrogens with two attached hydrogens (primary N) is 1. The van der Waals surface area contributed by atoms with Crippen molar-refractivity contribution in [3.8, 4) is 10.6 Å². The van der Waals surface area contributed by atoms with Gasteiger partial charge in [0.15, 0.2) is 0 Å². The average molecular weight is 297 g/mol. The first-order valence-corrected chi connectivity index (χ1v) is 7.34. The number of anilines is 2. The predicted molar refractivity (Wildman–Crippen MR) is 79.5 cm³/mol. The van der Waals surface area contributed by atoms with Crippen molar-refractivity contribution in [2.45, 2.75) is 19.9 Å². The van der Waals surface area contributed by atoms with Crippen LogP contribution in [0.2, 0.25) is 0 Å². The first-order chi connectivity index (χ1) is 9.02. The number of hydrogen-bond donors (Lipinski definition) is 3. The fourth-order valence-corrected chi connectivity index (χ4v) is 3.28. The van der Waals surface area contributed by atoms with Gasteiger partial charge in [0.25, 0.3) is 0 Å². The molecule has 0 aliphatic rings. The molecule has 8 heteroatoms. The minimum atomic E-state index is -0.357. The lowest BCUT2D eigenvalue weighted by molar-refractivity contribution is -0.121. The molecule has 1 atom stereocenters. The van der Waals surface area contributed by atoms with Crippen molar-refractivity contribution in [2.75, 3.05) is 18.1 Å². The lowest BCUT2D eigenvalue weighted by Crippen LogP contribution is -2.35. The molecule has 1 unspecified atom stereocenters. The molecule has 102 valence electrons. The summed E-state index contributed by atoms with van der Waals surface area (Å²) in [5.74, 6) is 0.346. The Morgan fingerprint density at radius 3 is 2.84 bits per heavy atom. The van der Waals surface area contributed by atoms with Crippen LogP contribution in [0.15, 0.2) is 5.38 Å². The molecule has 0 saturated carbocycles. The van der Waals surface area contributed by atoms with Gasteiger partial charge in [-0.3, -0.25) is 4.79 Å². The fourth-order valence-electron chi connectivity index (χ4n) is 1.56. The summed E-state index contributed by atoms with van der Waals surface area (Å²) >= 11 is 2.75. The topological polar surface area (TPSA) is 92.9 Å². The number of nitrogens with one attached hydrogen (secondary N) is 2. The Bertz CT molecular complexity index is 592. The average Bonchev–Trinajstić information content (AvgIpc) is 2.95. The van der Waals surface area contributed by atoms with E-state index in [0.717, 1.165) is 21.3 Å². The van der Waals surface area contributed by atoms with Gasteiger partial charge in [-0.25, -0.2) is 4.98 Å². The van der Waals surface area contributed by atoms with E-state index < -0.39 is 0 Å². The van der Waals surface area contributed by atoms with E-state index >= 15 is 0 Å². The summed E-state index contributed by atoms with van der Waals surface area (Å²) in [5.41, 5.74) is 7.61. The van der Waals surface area contributed by atoms with E-state index in [4.69, 9.17) is 5.73 Å². The molecule has 2 rings (SSSR count). The minimum absolute atomic E-state index is 0.0896. The number of carbonyl (C=O) groups excluding carboxylic acids is 1. The van der Waals surface area contributed by atoms with Crippen LogP contribution >= 0.6 is 22.9 Å². The molecule has 2 aromatic heterocycles. The van der Waals surface area contributed by atoms with Gasteiger partial charge in [-0.15, -0.1) is 11.3 Å². The number of nitrogen functional groups attached to an aromatic ring is 1. The number of thiazole rings is 1. The number of aryl methyl sites for hydroxylation is 1. The third-order valence-electron chi connectivity index (χ3n) is 2.54. The molecule has 6 nitrogen and oxygen atoms in total. The molecule has 0 aliphatic carbocycles. The van der Waals surface area contributed by atoms with Gasteiger partial charge in [0.1, 0.15) is 21.9 Å². The molecule has 0 spiro atoms. The maximum Gasteiger partial charge on any atom is 0.241 e. The maximum atomic E-state index is 11.5. The van der Waals surface area contributed by atoms with Crippen molar-refractivity contribution in [1.82, 2.24) is 14.7 Å². The molecule has 1 amide bonds. The van der Waals surface area contributed by atoms with E-state index in [1.54, 1.807) is 14.0 Å². The van der Waals surface area contributed by atoms with E-state index in [1.807, 2.05) is 12.3 Å². The number of hydrogen-bond acceptors (Lipinski definition) is 7. The Hall–Kier alpha value is -1.67. The highest BCUT2D eigenvalue weighted by molar-refractivity contribution is 7.15. The number of carbonyl (C=O) groups is 1. The first-order valence-electron chi connectivity index (χ1n) is 5.68. The van der Waals surface area contributed by atoms with E-state index in [0.29, 0.717) is 5.82 Å². The van der Waals surface area contributed by atoms with Gasteiger partial charge in [0.05, 0.1) is 5.56 Å². The third-order valence-corrected chi connectivity index (χ3v) is 4.31. The lowest BCUT2D eigenvalue weighted by atomic mass is 10.2. The SMILES string of the molecule is CNC(=O)C(C)Nc1snc(N)c1-c1nc(C)cs1. The predicted octanol–water partition coefficient (Wildman–Crippen LogP) is 1.70. The Balaban J connectivity index is 2.30. The smallest absolute Gasteiger partial charge is 0.241 e. The van der Waals surface area contributed by atoms with Crippen molar-refractivity contribution in [1.29, 1.82) is 0 Å². The van der Waals surface area contributed by atoms with Crippen LogP contribution in [-0.4, -0.2) is 28.4 Å². The molecule has 2 aromatic rings. The zero-order valence-electron chi connectivity index (χ0n) is 10.9. The molecule has 0 radical (unpaired) electrons. The normalized spacial score (nSPS) is 12.2. The Kier molecular flexibility index (Phi) is 4.01. The van der Waals surface area contributed by atoms with Gasteiger partial charge in [0, 0.05) is 18.1 Å². The summed E-state index contributed by atoms with van der Waals surface area (Å²) in [6, 6.07) is -0.357. The van der Waals surface area contributed by atoms with Crippen molar-refractivity contribution in [3.63, 3.8) is 0 Å². The number of amides is 1. The van der Waals surface area contributed by atoms with E-state index in [-0.39, 0.29) is 11.9 Å². The van der Waals surface area contributed by atoms with Gasteiger partial charge in [-0.05, 0) is 25.4 Å². The third kappa shape index (κ3) is 2.85. The van der Waals surface area contributed by atoms with Crippen LogP contribution in [0, 0.1) is 6.92 Å². The van der Waals surface area contributed by atoms with Gasteiger partial charge in [-0.1, -0.05) is 0 Å². The fraction of sp³-hybridized carbons (Fsp3) is 0.364. The second kappa shape index (κ2) is 5.54. The van der Waals surface area contributed by atoms with Gasteiger partial charge in [0.2, 0.25) is 5.91 Å². The molecule has 2 heterocycles. The second-order valence-corrected chi connectivity index (χ2v) is 5.68. The zero-order valence-corrected chi connectivity index (χ0v) is 12.5. The number of likely N-dealkylation sites (N-methyl/N-ethyl adjacent to an activating group) is 1. The summed E-state index contributed by atoms with van der Waals surface area (Å²) in [6.45, 7) is 3.71. The van der Waals surface area contributed by atoms with Crippen LogP contribution in [0.25, 0.3) is 10.6 Å². The largest absolute Gasteiger partial charge is 0.382 e. The van der Waals surface area contributed by atoms with E-state index in [1.165, 1.54) is 22.9 Å². The van der Waals surface area contributed by atoms with Gasteiger partial charge >= 0.3 is 0 Å². The molecular weight excluding hydrogens is 282 g/mol. The summed E-state index contributed by atoms with van der Waals surface area (Å²) in [5, 5.41) is 9.25. The van der Waals surface area contributed by atoms with Crippen LogP contribution in [0.4, 0.5) is 10.8 Å². The van der Waals surface area contributed by atoms with Gasteiger partial charge in [-0.2, -0.15) is 4.37 Å². The molecule has 19 heavy (non-hydrogen) atoms. The summed E-state index contributed by atoms with van der Waals surface area (Å²) < 4.78 is 4.13. The molecule has 0 aliphatic heterocycles. The van der Waals surface area contributed by atoms with Crippen LogP contribution in [0.1, 0.15) is 12.6 Å². The lowest BCUT2D eigenvalue weighted by Gasteiger charge is -2.12. The van der Waals surface area contributed by atoms with Crippen molar-refractivity contribution in [2.24, 2.45) is 0 Å². The minimum Gasteiger partial charge on any atom is -0.382 e. The molecule has 0 fully saturated rings. The summed E-state index contributed by atoms with van der Waals surface area (Å²) in [6.07, 6.45) is 0. The molecule has 4 N–H and O–H groups in total. The molecular formula is C11H15N5OS2. The first kappa shape index (κ1) is 13.8. The van der Waals surface area contributed by atoms with Crippen LogP contribution < -0.4 is 16.4 Å². The standard InChI is InChI=1S/C11H15N5OS2/c1-5-4-18-10(14-5)7-8(12)16-19-11(7)15-6(2)9(17)13-3/h4,6,15H,1-3H3,(H2,12,16)(H,13,17). The summed E-state index contributed by atoms with van der Waals surface area (Å²) in [7, 11) is 1.60. The quantitative estimate of drug-likeness (QED) is 0.799. The van der Waals surface area contributed by atoms with Crippen molar-refractivity contribution < 1.29 is 4.79 Å². The summed E-state index contributed by atoms with van der Waals surface area (Å²) in [4.78, 5) is 16.0. The van der Waals surface area contributed by atoms with Crippen molar-refractivity contribution in [3.05, 3.63) is 11.1 Å². The van der Waals surface area contributed by atoms with Crippen LogP contribution in [0.5, 0.6) is 0 Å². The van der Waals surface area contributed by atoms with Crippen molar-refractivity contribution >= 4 is 39.6 Å². The van der Waals surface area contributed by atoms with E-state index in [2.05, 4.69) is 20.0 Å². The number of nitrogens with zero attached hydrogens (tertiary/aromatic N) is 2. The Labute approximate surface area is 119 Å². The highest BCUT2D eigenvalue weighted by Crippen LogP contribution is 2.38. The second-order valence-electron chi connectivity index (χ2n) is 4.05. The zero-order chi connectivity index (χ0) is 14.0. The Morgan fingerprint density at radius 1 is 1.53 bits per heavy atom. The number of rotatable bonds is 4.